The standard InChI is InChI=1S/C15H13NO/c17-12-8-9-16-15(10-12)14-7-3-5-11-4-1-2-6-13(11)14/h1-9,15-16H,10H2. The zero-order valence-corrected chi connectivity index (χ0v) is 9.39. The number of rotatable bonds is 1. The number of ketones is 1. The molecule has 0 aromatic heterocycles. The average Bonchev–Trinajstić information content (AvgIpc) is 2.38. The summed E-state index contributed by atoms with van der Waals surface area (Å²) in [5.74, 6) is 0.182. The van der Waals surface area contributed by atoms with E-state index in [9.17, 15) is 4.79 Å². The quantitative estimate of drug-likeness (QED) is 0.805. The zero-order valence-electron chi connectivity index (χ0n) is 9.39. The molecule has 1 unspecified atom stereocenters. The van der Waals surface area contributed by atoms with Crippen LogP contribution in [0.2, 0.25) is 0 Å². The van der Waals surface area contributed by atoms with Gasteiger partial charge < -0.3 is 5.32 Å². The van der Waals surface area contributed by atoms with Crippen LogP contribution in [0.25, 0.3) is 10.8 Å². The van der Waals surface area contributed by atoms with Crippen molar-refractivity contribution in [2.24, 2.45) is 0 Å². The fraction of sp³-hybridized carbons (Fsp3) is 0.133. The number of carbonyl (C=O) groups is 1. The van der Waals surface area contributed by atoms with E-state index >= 15 is 0 Å². The summed E-state index contributed by atoms with van der Waals surface area (Å²) in [6.45, 7) is 0. The van der Waals surface area contributed by atoms with Crippen molar-refractivity contribution >= 4 is 16.6 Å². The van der Waals surface area contributed by atoms with Gasteiger partial charge in [-0.25, -0.2) is 0 Å². The van der Waals surface area contributed by atoms with Crippen molar-refractivity contribution < 1.29 is 4.79 Å². The molecule has 2 aromatic carbocycles. The van der Waals surface area contributed by atoms with E-state index in [0.717, 1.165) is 0 Å². The highest BCUT2D eigenvalue weighted by Crippen LogP contribution is 2.27. The maximum absolute atomic E-state index is 11.5. The molecule has 1 atom stereocenters. The molecule has 0 amide bonds. The fourth-order valence-electron chi connectivity index (χ4n) is 2.34. The molecule has 0 radical (unpaired) electrons. The molecule has 0 saturated heterocycles. The number of fused-ring (bicyclic) bond motifs is 1. The van der Waals surface area contributed by atoms with Gasteiger partial charge in [-0.1, -0.05) is 42.5 Å². The monoisotopic (exact) mass is 223 g/mol. The first-order chi connectivity index (χ1) is 8.34. The van der Waals surface area contributed by atoms with E-state index in [-0.39, 0.29) is 11.8 Å². The van der Waals surface area contributed by atoms with Crippen molar-refractivity contribution in [1.82, 2.24) is 5.32 Å². The molecule has 0 spiro atoms. The van der Waals surface area contributed by atoms with Crippen LogP contribution in [-0.2, 0) is 4.79 Å². The summed E-state index contributed by atoms with van der Waals surface area (Å²) in [4.78, 5) is 11.5. The summed E-state index contributed by atoms with van der Waals surface area (Å²) in [6, 6.07) is 14.6. The van der Waals surface area contributed by atoms with E-state index in [1.807, 2.05) is 18.2 Å². The number of allylic oxidation sites excluding steroid dienone is 1. The van der Waals surface area contributed by atoms with Gasteiger partial charge in [-0.15, -0.1) is 0 Å². The number of hydrogen-bond acceptors (Lipinski definition) is 2. The Kier molecular flexibility index (Phi) is 2.41. The summed E-state index contributed by atoms with van der Waals surface area (Å²) in [6.07, 6.45) is 3.88. The Bertz CT molecular complexity index is 595. The third kappa shape index (κ3) is 1.82. The van der Waals surface area contributed by atoms with E-state index in [1.165, 1.54) is 16.3 Å². The summed E-state index contributed by atoms with van der Waals surface area (Å²) in [5.41, 5.74) is 1.20. The van der Waals surface area contributed by atoms with E-state index in [0.29, 0.717) is 6.42 Å². The Morgan fingerprint density at radius 1 is 1.06 bits per heavy atom. The van der Waals surface area contributed by atoms with Gasteiger partial charge in [-0.2, -0.15) is 0 Å². The number of carbonyl (C=O) groups excluding carboxylic acids is 1. The van der Waals surface area contributed by atoms with E-state index in [1.54, 1.807) is 12.3 Å². The molecule has 84 valence electrons. The molecule has 1 heterocycles. The maximum atomic E-state index is 11.5. The van der Waals surface area contributed by atoms with Gasteiger partial charge in [0.2, 0.25) is 0 Å². The predicted octanol–water partition coefficient (Wildman–Crippen LogP) is 2.96. The van der Waals surface area contributed by atoms with Crippen molar-refractivity contribution in [2.75, 3.05) is 0 Å². The molecule has 1 aliphatic rings. The molecule has 1 aliphatic heterocycles. The third-order valence-electron chi connectivity index (χ3n) is 3.17. The summed E-state index contributed by atoms with van der Waals surface area (Å²) >= 11 is 0. The van der Waals surface area contributed by atoms with Crippen LogP contribution in [0.3, 0.4) is 0 Å². The second-order valence-corrected chi connectivity index (χ2v) is 4.29. The first kappa shape index (κ1) is 10.1. The molecular weight excluding hydrogens is 210 g/mol. The zero-order chi connectivity index (χ0) is 11.7. The van der Waals surface area contributed by atoms with Gasteiger partial charge in [0, 0.05) is 12.6 Å². The van der Waals surface area contributed by atoms with E-state index in [2.05, 4.69) is 29.6 Å². The molecule has 0 fully saturated rings. The van der Waals surface area contributed by atoms with Crippen molar-refractivity contribution in [2.45, 2.75) is 12.5 Å². The van der Waals surface area contributed by atoms with Gasteiger partial charge in [0.1, 0.15) is 0 Å². The van der Waals surface area contributed by atoms with Gasteiger partial charge in [0.25, 0.3) is 0 Å². The SMILES string of the molecule is O=C1C=CNC(c2cccc3ccccc23)C1. The number of benzene rings is 2. The van der Waals surface area contributed by atoms with E-state index in [4.69, 9.17) is 0 Å². The molecule has 0 bridgehead atoms. The first-order valence-corrected chi connectivity index (χ1v) is 5.78. The predicted molar refractivity (Wildman–Crippen MR) is 68.6 cm³/mol. The molecule has 0 saturated carbocycles. The second kappa shape index (κ2) is 4.06. The van der Waals surface area contributed by atoms with Crippen LogP contribution < -0.4 is 5.32 Å². The van der Waals surface area contributed by atoms with Crippen LogP contribution in [0, 0.1) is 0 Å². The third-order valence-corrected chi connectivity index (χ3v) is 3.17. The van der Waals surface area contributed by atoms with Gasteiger partial charge in [-0.3, -0.25) is 4.79 Å². The minimum atomic E-state index is 0.0959. The van der Waals surface area contributed by atoms with Gasteiger partial charge >= 0.3 is 0 Å². The molecule has 0 aliphatic carbocycles. The average molecular weight is 223 g/mol. The van der Waals surface area contributed by atoms with Crippen LogP contribution in [0.15, 0.2) is 54.7 Å². The van der Waals surface area contributed by atoms with E-state index < -0.39 is 0 Å². The summed E-state index contributed by atoms with van der Waals surface area (Å²) < 4.78 is 0. The van der Waals surface area contributed by atoms with Crippen LogP contribution in [0.5, 0.6) is 0 Å². The first-order valence-electron chi connectivity index (χ1n) is 5.78. The van der Waals surface area contributed by atoms with Crippen molar-refractivity contribution in [3.8, 4) is 0 Å². The van der Waals surface area contributed by atoms with Gasteiger partial charge in [0.05, 0.1) is 6.04 Å². The molecule has 17 heavy (non-hydrogen) atoms. The Hall–Kier alpha value is -2.09. The minimum Gasteiger partial charge on any atom is -0.383 e. The van der Waals surface area contributed by atoms with Gasteiger partial charge in [0.15, 0.2) is 5.78 Å². The fourth-order valence-corrected chi connectivity index (χ4v) is 2.34. The number of hydrogen-bond donors (Lipinski definition) is 1. The molecule has 2 nitrogen and oxygen atoms in total. The lowest BCUT2D eigenvalue weighted by Crippen LogP contribution is -2.23. The Balaban J connectivity index is 2.11. The van der Waals surface area contributed by atoms with Crippen LogP contribution in [0.4, 0.5) is 0 Å². The lowest BCUT2D eigenvalue weighted by Gasteiger charge is -2.21. The van der Waals surface area contributed by atoms with Crippen molar-refractivity contribution in [3.05, 3.63) is 60.3 Å². The summed E-state index contributed by atoms with van der Waals surface area (Å²) in [7, 11) is 0. The highest BCUT2D eigenvalue weighted by atomic mass is 16.1. The molecule has 2 heteroatoms. The topological polar surface area (TPSA) is 29.1 Å². The van der Waals surface area contributed by atoms with Crippen LogP contribution in [0.1, 0.15) is 18.0 Å². The Labute approximate surface area is 100.0 Å². The summed E-state index contributed by atoms with van der Waals surface area (Å²) in [5, 5.41) is 5.69. The highest BCUT2D eigenvalue weighted by molar-refractivity contribution is 5.92. The Morgan fingerprint density at radius 3 is 2.76 bits per heavy atom. The van der Waals surface area contributed by atoms with Crippen molar-refractivity contribution in [3.63, 3.8) is 0 Å². The number of nitrogens with one attached hydrogen (secondary N) is 1. The lowest BCUT2D eigenvalue weighted by molar-refractivity contribution is -0.115. The van der Waals surface area contributed by atoms with Gasteiger partial charge in [-0.05, 0) is 22.4 Å². The molecular formula is C15H13NO. The second-order valence-electron chi connectivity index (χ2n) is 4.29. The smallest absolute Gasteiger partial charge is 0.159 e. The minimum absolute atomic E-state index is 0.0959. The maximum Gasteiger partial charge on any atom is 0.159 e. The molecule has 3 rings (SSSR count). The van der Waals surface area contributed by atoms with Crippen LogP contribution >= 0.6 is 0 Å². The normalized spacial score (nSPS) is 19.3. The largest absolute Gasteiger partial charge is 0.383 e. The van der Waals surface area contributed by atoms with Crippen molar-refractivity contribution in [1.29, 1.82) is 0 Å². The highest BCUT2D eigenvalue weighted by Gasteiger charge is 2.18. The molecule has 1 N–H and O–H groups in total. The molecule has 2 aromatic rings. The van der Waals surface area contributed by atoms with Crippen LogP contribution in [-0.4, -0.2) is 5.78 Å². The lowest BCUT2D eigenvalue weighted by atomic mass is 9.94. The Morgan fingerprint density at radius 2 is 1.88 bits per heavy atom.